The van der Waals surface area contributed by atoms with Crippen molar-refractivity contribution in [1.82, 2.24) is 29.7 Å². The smallest absolute Gasteiger partial charge is 0.268 e. The van der Waals surface area contributed by atoms with Gasteiger partial charge in [0.25, 0.3) is 5.91 Å². The standard InChI is InChI=1S/C16H19N7O/c1-21-8-4-5-12(21)16(24)17-11-15-19-18-13-6-7-14(20-23(13)15)22-9-2-3-10-22/h4-8H,2-3,9-11H2,1H3,(H,17,24). The van der Waals surface area contributed by atoms with Crippen LogP contribution in [0.3, 0.4) is 0 Å². The predicted octanol–water partition coefficient (Wildman–Crippen LogP) is 0.993. The molecule has 1 N–H and O–H groups in total. The van der Waals surface area contributed by atoms with E-state index in [0.717, 1.165) is 18.9 Å². The van der Waals surface area contributed by atoms with E-state index >= 15 is 0 Å². The SMILES string of the molecule is Cn1cccc1C(=O)NCc1nnc2ccc(N3CCCC3)nn12. The van der Waals surface area contributed by atoms with Crippen molar-refractivity contribution in [3.8, 4) is 0 Å². The van der Waals surface area contributed by atoms with Gasteiger partial charge in [0.15, 0.2) is 11.5 Å². The number of aromatic nitrogens is 5. The molecule has 1 fully saturated rings. The molecular weight excluding hydrogens is 306 g/mol. The van der Waals surface area contributed by atoms with Crippen molar-refractivity contribution in [2.45, 2.75) is 19.4 Å². The first-order chi connectivity index (χ1) is 11.7. The Morgan fingerprint density at radius 1 is 1.21 bits per heavy atom. The van der Waals surface area contributed by atoms with E-state index in [1.54, 1.807) is 15.1 Å². The highest BCUT2D eigenvalue weighted by atomic mass is 16.1. The molecule has 4 heterocycles. The Hall–Kier alpha value is -2.90. The van der Waals surface area contributed by atoms with E-state index in [4.69, 9.17) is 0 Å². The molecule has 24 heavy (non-hydrogen) atoms. The molecule has 8 nitrogen and oxygen atoms in total. The summed E-state index contributed by atoms with van der Waals surface area (Å²) in [6.45, 7) is 2.34. The van der Waals surface area contributed by atoms with E-state index in [0.29, 0.717) is 17.2 Å². The average Bonchev–Trinajstić information content (AvgIpc) is 3.33. The lowest BCUT2D eigenvalue weighted by molar-refractivity contribution is 0.0941. The lowest BCUT2D eigenvalue weighted by atomic mass is 10.4. The highest BCUT2D eigenvalue weighted by Gasteiger charge is 2.16. The number of amides is 1. The first kappa shape index (κ1) is 14.7. The van der Waals surface area contributed by atoms with Gasteiger partial charge in [-0.05, 0) is 37.1 Å². The van der Waals surface area contributed by atoms with Crippen molar-refractivity contribution in [3.63, 3.8) is 0 Å². The summed E-state index contributed by atoms with van der Waals surface area (Å²) in [5.41, 5.74) is 1.29. The maximum absolute atomic E-state index is 12.2. The van der Waals surface area contributed by atoms with Gasteiger partial charge in [0.2, 0.25) is 0 Å². The summed E-state index contributed by atoms with van der Waals surface area (Å²) in [5.74, 6) is 1.40. The third-order valence-electron chi connectivity index (χ3n) is 4.33. The van der Waals surface area contributed by atoms with E-state index < -0.39 is 0 Å². The van der Waals surface area contributed by atoms with Crippen LogP contribution in [-0.2, 0) is 13.6 Å². The molecule has 4 rings (SSSR count). The fourth-order valence-electron chi connectivity index (χ4n) is 3.00. The number of carbonyl (C=O) groups is 1. The monoisotopic (exact) mass is 325 g/mol. The van der Waals surface area contributed by atoms with Gasteiger partial charge in [-0.1, -0.05) is 0 Å². The Labute approximate surface area is 139 Å². The zero-order chi connectivity index (χ0) is 16.5. The molecule has 1 saturated heterocycles. The van der Waals surface area contributed by atoms with Gasteiger partial charge in [-0.3, -0.25) is 4.79 Å². The fraction of sp³-hybridized carbons (Fsp3) is 0.375. The molecule has 0 unspecified atom stereocenters. The van der Waals surface area contributed by atoms with Gasteiger partial charge in [-0.25, -0.2) is 0 Å². The lowest BCUT2D eigenvalue weighted by Gasteiger charge is -2.15. The van der Waals surface area contributed by atoms with Crippen LogP contribution in [0.1, 0.15) is 29.2 Å². The van der Waals surface area contributed by atoms with Gasteiger partial charge in [0.1, 0.15) is 11.5 Å². The van der Waals surface area contributed by atoms with Crippen LogP contribution in [0, 0.1) is 0 Å². The third-order valence-corrected chi connectivity index (χ3v) is 4.33. The molecule has 0 radical (unpaired) electrons. The number of carbonyl (C=O) groups excluding carboxylic acids is 1. The van der Waals surface area contributed by atoms with Gasteiger partial charge in [-0.15, -0.1) is 15.3 Å². The number of aryl methyl sites for hydroxylation is 1. The number of nitrogens with zero attached hydrogens (tertiary/aromatic N) is 6. The number of rotatable bonds is 4. The Balaban J connectivity index is 1.54. The number of nitrogens with one attached hydrogen (secondary N) is 1. The van der Waals surface area contributed by atoms with E-state index in [1.165, 1.54) is 12.8 Å². The minimum Gasteiger partial charge on any atom is -0.355 e. The largest absolute Gasteiger partial charge is 0.355 e. The Kier molecular flexibility index (Phi) is 3.64. The predicted molar refractivity (Wildman–Crippen MR) is 88.8 cm³/mol. The first-order valence-corrected chi connectivity index (χ1v) is 8.08. The van der Waals surface area contributed by atoms with E-state index in [1.807, 2.05) is 31.4 Å². The van der Waals surface area contributed by atoms with Gasteiger partial charge >= 0.3 is 0 Å². The van der Waals surface area contributed by atoms with Crippen LogP contribution in [0.5, 0.6) is 0 Å². The minimum atomic E-state index is -0.144. The van der Waals surface area contributed by atoms with Crippen molar-refractivity contribution in [2.24, 2.45) is 7.05 Å². The first-order valence-electron chi connectivity index (χ1n) is 8.08. The summed E-state index contributed by atoms with van der Waals surface area (Å²) in [7, 11) is 1.84. The average molecular weight is 325 g/mol. The number of hydrogen-bond acceptors (Lipinski definition) is 5. The maximum atomic E-state index is 12.2. The summed E-state index contributed by atoms with van der Waals surface area (Å²) in [6.07, 6.45) is 4.23. The highest BCUT2D eigenvalue weighted by Crippen LogP contribution is 2.18. The van der Waals surface area contributed by atoms with Crippen molar-refractivity contribution in [3.05, 3.63) is 42.0 Å². The second-order valence-electron chi connectivity index (χ2n) is 5.96. The fourth-order valence-corrected chi connectivity index (χ4v) is 3.00. The molecule has 1 amide bonds. The minimum absolute atomic E-state index is 0.144. The van der Waals surface area contributed by atoms with Crippen LogP contribution in [0.2, 0.25) is 0 Å². The molecule has 3 aromatic rings. The normalized spacial score (nSPS) is 14.5. The molecule has 0 spiro atoms. The molecule has 1 aliphatic heterocycles. The molecule has 3 aromatic heterocycles. The zero-order valence-electron chi connectivity index (χ0n) is 13.5. The van der Waals surface area contributed by atoms with Crippen LogP contribution in [0.4, 0.5) is 5.82 Å². The summed E-state index contributed by atoms with van der Waals surface area (Å²) in [5, 5.41) is 15.8. The molecule has 0 atom stereocenters. The Morgan fingerprint density at radius 3 is 2.79 bits per heavy atom. The zero-order valence-corrected chi connectivity index (χ0v) is 13.5. The second kappa shape index (κ2) is 5.95. The van der Waals surface area contributed by atoms with Gasteiger partial charge in [0.05, 0.1) is 6.54 Å². The third kappa shape index (κ3) is 2.60. The van der Waals surface area contributed by atoms with Crippen molar-refractivity contribution >= 4 is 17.4 Å². The van der Waals surface area contributed by atoms with Crippen LogP contribution in [0.15, 0.2) is 30.5 Å². The van der Waals surface area contributed by atoms with E-state index in [2.05, 4.69) is 25.5 Å². The van der Waals surface area contributed by atoms with Crippen LogP contribution >= 0.6 is 0 Å². The van der Waals surface area contributed by atoms with E-state index in [9.17, 15) is 4.79 Å². The summed E-state index contributed by atoms with van der Waals surface area (Å²) in [4.78, 5) is 14.5. The highest BCUT2D eigenvalue weighted by molar-refractivity contribution is 5.92. The summed E-state index contributed by atoms with van der Waals surface area (Å²) < 4.78 is 3.49. The van der Waals surface area contributed by atoms with Crippen molar-refractivity contribution < 1.29 is 4.79 Å². The van der Waals surface area contributed by atoms with Crippen LogP contribution in [-0.4, -0.2) is 43.4 Å². The van der Waals surface area contributed by atoms with E-state index in [-0.39, 0.29) is 12.5 Å². The molecule has 0 aliphatic carbocycles. The summed E-state index contributed by atoms with van der Waals surface area (Å²) >= 11 is 0. The molecule has 8 heteroatoms. The topological polar surface area (TPSA) is 80.3 Å². The molecule has 1 aliphatic rings. The van der Waals surface area contributed by atoms with Crippen molar-refractivity contribution in [2.75, 3.05) is 18.0 Å². The van der Waals surface area contributed by atoms with Gasteiger partial charge in [-0.2, -0.15) is 4.52 Å². The molecular formula is C16H19N7O. The second-order valence-corrected chi connectivity index (χ2v) is 5.96. The Bertz CT molecular complexity index is 876. The Morgan fingerprint density at radius 2 is 2.04 bits per heavy atom. The maximum Gasteiger partial charge on any atom is 0.268 e. The van der Waals surface area contributed by atoms with Gasteiger partial charge < -0.3 is 14.8 Å². The molecule has 0 saturated carbocycles. The summed E-state index contributed by atoms with van der Waals surface area (Å²) in [6, 6.07) is 7.50. The van der Waals surface area contributed by atoms with Crippen LogP contribution < -0.4 is 10.2 Å². The number of fused-ring (bicyclic) bond motifs is 1. The van der Waals surface area contributed by atoms with Crippen LogP contribution in [0.25, 0.3) is 5.65 Å². The van der Waals surface area contributed by atoms with Crippen molar-refractivity contribution in [1.29, 1.82) is 0 Å². The number of anilines is 1. The molecule has 0 aromatic carbocycles. The quantitative estimate of drug-likeness (QED) is 0.774. The molecule has 0 bridgehead atoms. The van der Waals surface area contributed by atoms with Gasteiger partial charge in [0, 0.05) is 26.3 Å². The number of hydrogen-bond donors (Lipinski definition) is 1. The lowest BCUT2D eigenvalue weighted by Crippen LogP contribution is -2.26. The molecule has 124 valence electrons.